The molecule has 4 rings (SSSR count). The highest BCUT2D eigenvalue weighted by Gasteiger charge is 2.46. The molecular weight excluding hydrogens is 486 g/mol. The van der Waals surface area contributed by atoms with Gasteiger partial charge in [-0.3, -0.25) is 9.59 Å². The summed E-state index contributed by atoms with van der Waals surface area (Å²) in [5.41, 5.74) is 2.76. The second-order valence-corrected chi connectivity index (χ2v) is 8.85. The van der Waals surface area contributed by atoms with E-state index < -0.39 is 17.7 Å². The Balaban J connectivity index is 1.74. The van der Waals surface area contributed by atoms with Crippen LogP contribution in [0.2, 0.25) is 0 Å². The molecule has 1 fully saturated rings. The molecule has 3 aromatic rings. The molecule has 8 heteroatoms. The first kappa shape index (κ1) is 26.8. The molecule has 0 spiro atoms. The predicted molar refractivity (Wildman–Crippen MR) is 142 cm³/mol. The van der Waals surface area contributed by atoms with Gasteiger partial charge in [-0.1, -0.05) is 36.4 Å². The Labute approximate surface area is 222 Å². The summed E-state index contributed by atoms with van der Waals surface area (Å²) in [7, 11) is 4.55. The highest BCUT2D eigenvalue weighted by atomic mass is 16.5. The minimum atomic E-state index is -0.835. The number of hydrogen-bond acceptors (Lipinski definition) is 7. The van der Waals surface area contributed by atoms with Crippen molar-refractivity contribution < 1.29 is 33.6 Å². The van der Waals surface area contributed by atoms with E-state index >= 15 is 0 Å². The van der Waals surface area contributed by atoms with E-state index in [1.165, 1.54) is 26.2 Å². The Bertz CT molecular complexity index is 1350. The van der Waals surface area contributed by atoms with Crippen molar-refractivity contribution in [3.63, 3.8) is 0 Å². The van der Waals surface area contributed by atoms with Crippen molar-refractivity contribution in [2.24, 2.45) is 0 Å². The second-order valence-electron chi connectivity index (χ2n) is 8.85. The molecule has 1 atom stereocenters. The van der Waals surface area contributed by atoms with Crippen molar-refractivity contribution in [1.29, 1.82) is 0 Å². The number of aliphatic hydroxyl groups is 1. The van der Waals surface area contributed by atoms with Gasteiger partial charge in [-0.25, -0.2) is 0 Å². The number of carbonyl (C=O) groups is 2. The first-order valence-corrected chi connectivity index (χ1v) is 12.2. The molecule has 198 valence electrons. The molecule has 1 aliphatic rings. The summed E-state index contributed by atoms with van der Waals surface area (Å²) >= 11 is 0. The fourth-order valence-electron chi connectivity index (χ4n) is 4.55. The maximum atomic E-state index is 13.3. The van der Waals surface area contributed by atoms with Crippen LogP contribution in [0.5, 0.6) is 17.2 Å². The average Bonchev–Trinajstić information content (AvgIpc) is 3.19. The van der Waals surface area contributed by atoms with Crippen molar-refractivity contribution in [2.75, 3.05) is 34.5 Å². The monoisotopic (exact) mass is 517 g/mol. The van der Waals surface area contributed by atoms with Gasteiger partial charge in [-0.15, -0.1) is 0 Å². The van der Waals surface area contributed by atoms with Gasteiger partial charge in [0.25, 0.3) is 11.7 Å². The minimum absolute atomic E-state index is 0.000577. The van der Waals surface area contributed by atoms with Crippen molar-refractivity contribution in [2.45, 2.75) is 19.6 Å². The Hall–Kier alpha value is -4.30. The van der Waals surface area contributed by atoms with Crippen LogP contribution >= 0.6 is 0 Å². The first-order valence-electron chi connectivity index (χ1n) is 12.2. The van der Waals surface area contributed by atoms with E-state index in [1.54, 1.807) is 36.4 Å². The number of carbonyl (C=O) groups excluding carboxylic acids is 2. The molecule has 1 amide bonds. The lowest BCUT2D eigenvalue weighted by Gasteiger charge is -2.25. The molecule has 38 heavy (non-hydrogen) atoms. The highest BCUT2D eigenvalue weighted by molar-refractivity contribution is 6.46. The van der Waals surface area contributed by atoms with Crippen LogP contribution in [0.4, 0.5) is 0 Å². The van der Waals surface area contributed by atoms with E-state index in [9.17, 15) is 14.7 Å². The number of ketones is 1. The van der Waals surface area contributed by atoms with Crippen LogP contribution in [0.15, 0.2) is 72.3 Å². The van der Waals surface area contributed by atoms with Gasteiger partial charge in [-0.05, 0) is 53.9 Å². The lowest BCUT2D eigenvalue weighted by molar-refractivity contribution is -0.140. The van der Waals surface area contributed by atoms with Crippen molar-refractivity contribution in [1.82, 2.24) is 4.90 Å². The molecule has 0 unspecified atom stereocenters. The van der Waals surface area contributed by atoms with Crippen LogP contribution in [0.25, 0.3) is 5.76 Å². The van der Waals surface area contributed by atoms with Gasteiger partial charge in [0, 0.05) is 19.2 Å². The Kier molecular flexibility index (Phi) is 8.33. The average molecular weight is 518 g/mol. The van der Waals surface area contributed by atoms with E-state index in [0.29, 0.717) is 40.5 Å². The molecule has 0 bridgehead atoms. The van der Waals surface area contributed by atoms with Crippen LogP contribution in [-0.4, -0.2) is 56.2 Å². The summed E-state index contributed by atoms with van der Waals surface area (Å²) in [6.07, 6.45) is 0. The molecule has 0 aromatic heterocycles. The summed E-state index contributed by atoms with van der Waals surface area (Å²) < 4.78 is 21.9. The smallest absolute Gasteiger partial charge is 0.295 e. The van der Waals surface area contributed by atoms with Crippen LogP contribution in [0.3, 0.4) is 0 Å². The molecule has 0 saturated carbocycles. The van der Waals surface area contributed by atoms with Gasteiger partial charge < -0.3 is 29.0 Å². The summed E-state index contributed by atoms with van der Waals surface area (Å²) in [6, 6.07) is 19.3. The van der Waals surface area contributed by atoms with Gasteiger partial charge in [0.1, 0.15) is 18.1 Å². The largest absolute Gasteiger partial charge is 0.507 e. The molecule has 8 nitrogen and oxygen atoms in total. The summed E-state index contributed by atoms with van der Waals surface area (Å²) in [5, 5.41) is 11.4. The Morgan fingerprint density at radius 3 is 2.32 bits per heavy atom. The number of nitrogens with zero attached hydrogens (tertiary/aromatic N) is 1. The number of rotatable bonds is 10. The second kappa shape index (κ2) is 11.8. The standard InChI is InChI=1S/C30H31NO7/c1-19-16-22(38-18-20-8-6-5-7-9-20)11-12-23(19)28(32)26-27(31(14-15-35-2)30(34)29(26)33)21-10-13-24(36-3)25(17-21)37-4/h5-13,16-17,27,32H,14-15,18H2,1-4H3/t27-/m1/s1. The number of benzene rings is 3. The summed E-state index contributed by atoms with van der Waals surface area (Å²) in [6.45, 7) is 2.61. The number of amides is 1. The number of hydrogen-bond donors (Lipinski definition) is 1. The zero-order chi connectivity index (χ0) is 27.2. The lowest BCUT2D eigenvalue weighted by Crippen LogP contribution is -2.32. The number of ether oxygens (including phenoxy) is 4. The third-order valence-corrected chi connectivity index (χ3v) is 6.50. The minimum Gasteiger partial charge on any atom is -0.507 e. The molecule has 0 radical (unpaired) electrons. The maximum Gasteiger partial charge on any atom is 0.295 e. The molecule has 1 N–H and O–H groups in total. The molecule has 1 aliphatic heterocycles. The maximum absolute atomic E-state index is 13.3. The van der Waals surface area contributed by atoms with Gasteiger partial charge in [-0.2, -0.15) is 0 Å². The fraction of sp³-hybridized carbons (Fsp3) is 0.267. The van der Waals surface area contributed by atoms with Crippen molar-refractivity contribution in [3.8, 4) is 17.2 Å². The normalized spacial score (nSPS) is 16.5. The lowest BCUT2D eigenvalue weighted by atomic mass is 9.93. The number of Topliss-reactive ketones (excluding diaryl/α,β-unsaturated/α-hetero) is 1. The number of likely N-dealkylation sites (tertiary alicyclic amines) is 1. The van der Waals surface area contributed by atoms with Gasteiger partial charge in [0.15, 0.2) is 11.5 Å². The Morgan fingerprint density at radius 1 is 0.921 bits per heavy atom. The van der Waals surface area contributed by atoms with E-state index in [0.717, 1.165) is 5.56 Å². The zero-order valence-corrected chi connectivity index (χ0v) is 21.9. The molecular formula is C30H31NO7. The summed E-state index contributed by atoms with van der Waals surface area (Å²) in [5.74, 6) is -0.147. The third-order valence-electron chi connectivity index (χ3n) is 6.50. The first-order chi connectivity index (χ1) is 18.4. The van der Waals surface area contributed by atoms with E-state index in [1.807, 2.05) is 37.3 Å². The van der Waals surface area contributed by atoms with Gasteiger partial charge in [0.2, 0.25) is 0 Å². The zero-order valence-electron chi connectivity index (χ0n) is 21.9. The van der Waals surface area contributed by atoms with Gasteiger partial charge >= 0.3 is 0 Å². The quantitative estimate of drug-likeness (QED) is 0.237. The Morgan fingerprint density at radius 2 is 1.66 bits per heavy atom. The van der Waals surface area contributed by atoms with E-state index in [4.69, 9.17) is 18.9 Å². The highest BCUT2D eigenvalue weighted by Crippen LogP contribution is 2.42. The predicted octanol–water partition coefficient (Wildman–Crippen LogP) is 4.66. The van der Waals surface area contributed by atoms with E-state index in [2.05, 4.69) is 0 Å². The number of aliphatic hydroxyl groups excluding tert-OH is 1. The van der Waals surface area contributed by atoms with Crippen molar-refractivity contribution in [3.05, 3.63) is 94.6 Å². The van der Waals surface area contributed by atoms with Gasteiger partial charge in [0.05, 0.1) is 32.4 Å². The number of methoxy groups -OCH3 is 3. The third kappa shape index (κ3) is 5.35. The van der Waals surface area contributed by atoms with Crippen LogP contribution in [0.1, 0.15) is 28.3 Å². The molecule has 1 heterocycles. The molecule has 0 aliphatic carbocycles. The van der Waals surface area contributed by atoms with Crippen LogP contribution in [0, 0.1) is 6.92 Å². The topological polar surface area (TPSA) is 94.5 Å². The molecule has 3 aromatic carbocycles. The fourth-order valence-corrected chi connectivity index (χ4v) is 4.55. The molecule has 1 saturated heterocycles. The SMILES string of the molecule is COCCN1C(=O)C(=O)C(=C(O)c2ccc(OCc3ccccc3)cc2C)[C@H]1c1ccc(OC)c(OC)c1. The summed E-state index contributed by atoms with van der Waals surface area (Å²) in [4.78, 5) is 27.7. The van der Waals surface area contributed by atoms with E-state index in [-0.39, 0.29) is 24.5 Å². The van der Waals surface area contributed by atoms with Crippen LogP contribution in [-0.2, 0) is 20.9 Å². The number of aryl methyl sites for hydroxylation is 1. The van der Waals surface area contributed by atoms with Crippen LogP contribution < -0.4 is 14.2 Å². The van der Waals surface area contributed by atoms with Crippen molar-refractivity contribution >= 4 is 17.4 Å².